The first-order chi connectivity index (χ1) is 8.74. The van der Waals surface area contributed by atoms with Crippen LogP contribution in [0.2, 0.25) is 0 Å². The Morgan fingerprint density at radius 3 is 2.89 bits per heavy atom. The number of benzene rings is 1. The summed E-state index contributed by atoms with van der Waals surface area (Å²) in [6.07, 6.45) is 3.31. The molecule has 2 amide bonds. The SMILES string of the molecule is O=C1CCN(C(=O)CC2CC2)c2ccccc2N1. The number of carbonyl (C=O) groups excluding carboxylic acids is 2. The molecule has 1 aliphatic carbocycles. The van der Waals surface area contributed by atoms with Crippen LogP contribution in [0.15, 0.2) is 24.3 Å². The standard InChI is InChI=1S/C14H16N2O2/c17-13-7-8-16(14(18)9-10-5-6-10)12-4-2-1-3-11(12)15-13/h1-4,10H,5-9H2,(H,15,17). The average Bonchev–Trinajstić information content (AvgIpc) is 3.15. The molecule has 3 rings (SSSR count). The lowest BCUT2D eigenvalue weighted by Gasteiger charge is -2.22. The normalized spacial score (nSPS) is 18.9. The smallest absolute Gasteiger partial charge is 0.227 e. The summed E-state index contributed by atoms with van der Waals surface area (Å²) in [4.78, 5) is 25.6. The molecule has 4 heteroatoms. The van der Waals surface area contributed by atoms with Crippen LogP contribution in [-0.4, -0.2) is 18.4 Å². The Bertz CT molecular complexity index is 494. The molecule has 0 saturated heterocycles. The number of nitrogens with one attached hydrogen (secondary N) is 1. The van der Waals surface area contributed by atoms with Gasteiger partial charge in [0.1, 0.15) is 0 Å². The van der Waals surface area contributed by atoms with Gasteiger partial charge in [0, 0.05) is 19.4 Å². The molecule has 0 unspecified atom stereocenters. The maximum absolute atomic E-state index is 12.3. The number of rotatable bonds is 2. The number of anilines is 2. The summed E-state index contributed by atoms with van der Waals surface area (Å²) < 4.78 is 0. The van der Waals surface area contributed by atoms with Gasteiger partial charge in [-0.3, -0.25) is 9.59 Å². The van der Waals surface area contributed by atoms with Crippen molar-refractivity contribution in [2.75, 3.05) is 16.8 Å². The van der Waals surface area contributed by atoms with E-state index in [1.54, 1.807) is 4.90 Å². The van der Waals surface area contributed by atoms with Crippen LogP contribution in [0.5, 0.6) is 0 Å². The van der Waals surface area contributed by atoms with Crippen LogP contribution in [0.1, 0.15) is 25.7 Å². The summed E-state index contributed by atoms with van der Waals surface area (Å²) in [5, 5.41) is 2.84. The Morgan fingerprint density at radius 1 is 1.33 bits per heavy atom. The second-order valence-electron chi connectivity index (χ2n) is 5.01. The average molecular weight is 244 g/mol. The maximum Gasteiger partial charge on any atom is 0.227 e. The van der Waals surface area contributed by atoms with E-state index in [4.69, 9.17) is 0 Å². The predicted molar refractivity (Wildman–Crippen MR) is 69.4 cm³/mol. The minimum Gasteiger partial charge on any atom is -0.324 e. The molecule has 0 radical (unpaired) electrons. The van der Waals surface area contributed by atoms with Crippen LogP contribution in [0, 0.1) is 5.92 Å². The van der Waals surface area contributed by atoms with Crippen LogP contribution in [0.3, 0.4) is 0 Å². The van der Waals surface area contributed by atoms with Crippen LogP contribution in [-0.2, 0) is 9.59 Å². The highest BCUT2D eigenvalue weighted by Crippen LogP contribution is 2.35. The Morgan fingerprint density at radius 2 is 2.11 bits per heavy atom. The van der Waals surface area contributed by atoms with Crippen molar-refractivity contribution >= 4 is 23.2 Å². The minimum absolute atomic E-state index is 0.0239. The molecule has 1 heterocycles. The highest BCUT2D eigenvalue weighted by molar-refractivity contribution is 6.03. The second-order valence-corrected chi connectivity index (χ2v) is 5.01. The number of carbonyl (C=O) groups is 2. The van der Waals surface area contributed by atoms with E-state index >= 15 is 0 Å². The lowest BCUT2D eigenvalue weighted by molar-refractivity contribution is -0.119. The van der Waals surface area contributed by atoms with Gasteiger partial charge in [-0.15, -0.1) is 0 Å². The van der Waals surface area contributed by atoms with Gasteiger partial charge in [-0.25, -0.2) is 0 Å². The summed E-state index contributed by atoms with van der Waals surface area (Å²) in [5.41, 5.74) is 1.57. The van der Waals surface area contributed by atoms with E-state index in [0.29, 0.717) is 25.3 Å². The molecule has 0 aromatic heterocycles. The largest absolute Gasteiger partial charge is 0.324 e. The van der Waals surface area contributed by atoms with Crippen molar-refractivity contribution in [2.45, 2.75) is 25.7 Å². The van der Waals surface area contributed by atoms with Crippen molar-refractivity contribution in [3.05, 3.63) is 24.3 Å². The van der Waals surface area contributed by atoms with Crippen LogP contribution in [0.4, 0.5) is 11.4 Å². The van der Waals surface area contributed by atoms with E-state index < -0.39 is 0 Å². The molecule has 1 fully saturated rings. The van der Waals surface area contributed by atoms with Crippen molar-refractivity contribution in [3.63, 3.8) is 0 Å². The highest BCUT2D eigenvalue weighted by Gasteiger charge is 2.29. The molecule has 2 aliphatic rings. The van der Waals surface area contributed by atoms with E-state index in [1.165, 1.54) is 12.8 Å². The number of fused-ring (bicyclic) bond motifs is 1. The number of amides is 2. The number of hydrogen-bond donors (Lipinski definition) is 1. The fourth-order valence-corrected chi connectivity index (χ4v) is 2.30. The van der Waals surface area contributed by atoms with Crippen LogP contribution >= 0.6 is 0 Å². The van der Waals surface area contributed by atoms with Gasteiger partial charge < -0.3 is 10.2 Å². The van der Waals surface area contributed by atoms with Gasteiger partial charge in [0.25, 0.3) is 0 Å². The monoisotopic (exact) mass is 244 g/mol. The molecular formula is C14H16N2O2. The molecule has 0 spiro atoms. The van der Waals surface area contributed by atoms with Gasteiger partial charge in [-0.2, -0.15) is 0 Å². The molecule has 18 heavy (non-hydrogen) atoms. The van der Waals surface area contributed by atoms with Crippen LogP contribution in [0.25, 0.3) is 0 Å². The first-order valence-electron chi connectivity index (χ1n) is 6.43. The summed E-state index contributed by atoms with van der Waals surface area (Å²) in [6.45, 7) is 0.481. The molecule has 1 aliphatic heterocycles. The van der Waals surface area contributed by atoms with E-state index in [9.17, 15) is 9.59 Å². The predicted octanol–water partition coefficient (Wildman–Crippen LogP) is 2.16. The molecule has 4 nitrogen and oxygen atoms in total. The zero-order valence-electron chi connectivity index (χ0n) is 10.2. The Hall–Kier alpha value is -1.84. The Labute approximate surface area is 106 Å². The summed E-state index contributed by atoms with van der Waals surface area (Å²) in [5.74, 6) is 0.683. The van der Waals surface area contributed by atoms with Crippen molar-refractivity contribution < 1.29 is 9.59 Å². The molecule has 1 aromatic rings. The van der Waals surface area contributed by atoms with E-state index in [0.717, 1.165) is 11.4 Å². The zero-order valence-corrected chi connectivity index (χ0v) is 10.2. The molecule has 94 valence electrons. The molecule has 1 N–H and O–H groups in total. The Kier molecular flexibility index (Phi) is 2.78. The summed E-state index contributed by atoms with van der Waals surface area (Å²) in [7, 11) is 0. The van der Waals surface area contributed by atoms with Gasteiger partial charge >= 0.3 is 0 Å². The topological polar surface area (TPSA) is 49.4 Å². The lowest BCUT2D eigenvalue weighted by atomic mass is 10.2. The number of nitrogens with zero attached hydrogens (tertiary/aromatic N) is 1. The first-order valence-corrected chi connectivity index (χ1v) is 6.43. The van der Waals surface area contributed by atoms with E-state index in [2.05, 4.69) is 5.32 Å². The van der Waals surface area contributed by atoms with E-state index in [1.807, 2.05) is 24.3 Å². The van der Waals surface area contributed by atoms with Crippen LogP contribution < -0.4 is 10.2 Å². The third kappa shape index (κ3) is 2.23. The van der Waals surface area contributed by atoms with E-state index in [-0.39, 0.29) is 11.8 Å². The maximum atomic E-state index is 12.3. The molecule has 0 bridgehead atoms. The fraction of sp³-hybridized carbons (Fsp3) is 0.429. The van der Waals surface area contributed by atoms with Gasteiger partial charge in [0.05, 0.1) is 11.4 Å². The van der Waals surface area contributed by atoms with Crippen molar-refractivity contribution in [2.24, 2.45) is 5.92 Å². The third-order valence-electron chi connectivity index (χ3n) is 3.49. The number of hydrogen-bond acceptors (Lipinski definition) is 2. The first kappa shape index (κ1) is 11.3. The number of para-hydroxylation sites is 2. The molecule has 1 saturated carbocycles. The van der Waals surface area contributed by atoms with Crippen molar-refractivity contribution in [1.82, 2.24) is 0 Å². The summed E-state index contributed by atoms with van der Waals surface area (Å²) in [6, 6.07) is 7.50. The molecule has 1 aromatic carbocycles. The second kappa shape index (κ2) is 4.44. The molecule has 0 atom stereocenters. The molecular weight excluding hydrogens is 228 g/mol. The lowest BCUT2D eigenvalue weighted by Crippen LogP contribution is -2.32. The minimum atomic E-state index is -0.0239. The van der Waals surface area contributed by atoms with Crippen molar-refractivity contribution in [3.8, 4) is 0 Å². The Balaban J connectivity index is 1.88. The highest BCUT2D eigenvalue weighted by atomic mass is 16.2. The van der Waals surface area contributed by atoms with Gasteiger partial charge in [0.15, 0.2) is 0 Å². The summed E-state index contributed by atoms with van der Waals surface area (Å²) >= 11 is 0. The quantitative estimate of drug-likeness (QED) is 0.866. The van der Waals surface area contributed by atoms with Crippen molar-refractivity contribution in [1.29, 1.82) is 0 Å². The zero-order chi connectivity index (χ0) is 12.5. The van der Waals surface area contributed by atoms with Gasteiger partial charge in [-0.1, -0.05) is 12.1 Å². The van der Waals surface area contributed by atoms with Gasteiger partial charge in [0.2, 0.25) is 11.8 Å². The third-order valence-corrected chi connectivity index (χ3v) is 3.49. The van der Waals surface area contributed by atoms with Gasteiger partial charge in [-0.05, 0) is 30.9 Å². The fourth-order valence-electron chi connectivity index (χ4n) is 2.30.